The number of para-hydroxylation sites is 1. The molecule has 2 aromatic carbocycles. The summed E-state index contributed by atoms with van der Waals surface area (Å²) < 4.78 is 16.5. The van der Waals surface area contributed by atoms with Gasteiger partial charge in [0.05, 0.1) is 41.6 Å². The van der Waals surface area contributed by atoms with Crippen LogP contribution in [0.25, 0.3) is 11.3 Å². The number of ether oxygens (including phenoxy) is 2. The van der Waals surface area contributed by atoms with E-state index in [-0.39, 0.29) is 38.2 Å². The van der Waals surface area contributed by atoms with Crippen LogP contribution < -0.4 is 4.74 Å². The van der Waals surface area contributed by atoms with Gasteiger partial charge < -0.3 is 23.9 Å². The molecule has 3 rings (SSSR count). The minimum absolute atomic E-state index is 0.0841. The summed E-state index contributed by atoms with van der Waals surface area (Å²) in [4.78, 5) is 25.5. The second kappa shape index (κ2) is 11.8. The fourth-order valence-electron chi connectivity index (χ4n) is 3.71. The van der Waals surface area contributed by atoms with Gasteiger partial charge in [-0.1, -0.05) is 30.3 Å². The van der Waals surface area contributed by atoms with Crippen LogP contribution in [-0.4, -0.2) is 63.4 Å². The molecule has 1 aromatic heterocycles. The Hall–Kier alpha value is -3.45. The van der Waals surface area contributed by atoms with Crippen molar-refractivity contribution in [2.75, 3.05) is 19.8 Å². The Bertz CT molecular complexity index is 1110. The first-order valence-corrected chi connectivity index (χ1v) is 11.3. The van der Waals surface area contributed by atoms with Gasteiger partial charge >= 0.3 is 5.97 Å². The topological polar surface area (TPSA) is 89.2 Å². The van der Waals surface area contributed by atoms with E-state index in [0.29, 0.717) is 22.6 Å². The fraction of sp³-hybridized carbons (Fsp3) is 0.308. The molecule has 4 radical (unpaired) electrons. The molecule has 0 unspecified atom stereocenters. The Balaban J connectivity index is 1.78. The molecule has 35 heavy (non-hydrogen) atoms. The van der Waals surface area contributed by atoms with Gasteiger partial charge in [-0.2, -0.15) is 0 Å². The zero-order valence-corrected chi connectivity index (χ0v) is 19.8. The standard InChI is InChI=1S/C26H27B2NO6/c1-18(2)29(25(32)20-11-9-19(10-12-20)22-8-5-14-34-22)26(27,28)21-6-3-4-7-23(21)35-17-16-33-15-13-24(30)31/h3-12,14,18H,13,15-17H2,1-2H3,(H,30,31). The second-order valence-electron chi connectivity index (χ2n) is 8.25. The monoisotopic (exact) mass is 471 g/mol. The number of carbonyl (C=O) groups is 2. The molecular formula is C26H27B2NO6. The van der Waals surface area contributed by atoms with Crippen LogP contribution in [0.1, 0.15) is 36.2 Å². The van der Waals surface area contributed by atoms with Crippen LogP contribution in [-0.2, 0) is 14.9 Å². The maximum atomic E-state index is 13.5. The molecule has 0 saturated heterocycles. The Labute approximate surface area is 207 Å². The summed E-state index contributed by atoms with van der Waals surface area (Å²) in [5.41, 5.74) is 1.71. The van der Waals surface area contributed by atoms with Gasteiger partial charge in [-0.15, -0.1) is 0 Å². The van der Waals surface area contributed by atoms with E-state index in [9.17, 15) is 9.59 Å². The number of nitrogens with zero attached hydrogens (tertiary/aromatic N) is 1. The number of carboxylic acids is 1. The average molecular weight is 471 g/mol. The molecule has 0 aliphatic carbocycles. The molecule has 178 valence electrons. The molecule has 1 heterocycles. The van der Waals surface area contributed by atoms with Gasteiger partial charge in [0, 0.05) is 22.7 Å². The molecule has 0 fully saturated rings. The Morgan fingerprint density at radius 2 is 1.71 bits per heavy atom. The van der Waals surface area contributed by atoms with Crippen molar-refractivity contribution in [1.82, 2.24) is 4.90 Å². The number of carboxylic acid groups (broad SMARTS) is 1. The number of hydrogen-bond acceptors (Lipinski definition) is 5. The fourth-order valence-corrected chi connectivity index (χ4v) is 3.71. The second-order valence-corrected chi connectivity index (χ2v) is 8.25. The highest BCUT2D eigenvalue weighted by atomic mass is 16.5. The highest BCUT2D eigenvalue weighted by molar-refractivity contribution is 6.41. The van der Waals surface area contributed by atoms with Crippen molar-refractivity contribution in [3.8, 4) is 17.1 Å². The smallest absolute Gasteiger partial charge is 0.305 e. The molecule has 0 bridgehead atoms. The zero-order valence-electron chi connectivity index (χ0n) is 19.8. The van der Waals surface area contributed by atoms with E-state index in [1.807, 2.05) is 19.9 Å². The van der Waals surface area contributed by atoms with Gasteiger partial charge in [0.2, 0.25) is 0 Å². The van der Waals surface area contributed by atoms with E-state index in [4.69, 9.17) is 34.7 Å². The van der Waals surface area contributed by atoms with Crippen LogP contribution in [0.3, 0.4) is 0 Å². The molecule has 0 saturated carbocycles. The first-order chi connectivity index (χ1) is 16.7. The molecule has 9 heteroatoms. The molecular weight excluding hydrogens is 444 g/mol. The number of hydrogen-bond donors (Lipinski definition) is 1. The van der Waals surface area contributed by atoms with Crippen LogP contribution >= 0.6 is 0 Å². The summed E-state index contributed by atoms with van der Waals surface area (Å²) in [5.74, 6) is -0.148. The maximum Gasteiger partial charge on any atom is 0.305 e. The Morgan fingerprint density at radius 3 is 2.34 bits per heavy atom. The van der Waals surface area contributed by atoms with Crippen molar-refractivity contribution in [2.24, 2.45) is 0 Å². The average Bonchev–Trinajstić information content (AvgIpc) is 3.36. The van der Waals surface area contributed by atoms with Crippen molar-refractivity contribution in [3.63, 3.8) is 0 Å². The molecule has 0 spiro atoms. The molecule has 1 N–H and O–H groups in total. The molecule has 0 aliphatic rings. The van der Waals surface area contributed by atoms with E-state index in [0.717, 1.165) is 5.56 Å². The Morgan fingerprint density at radius 1 is 1.00 bits per heavy atom. The summed E-state index contributed by atoms with van der Waals surface area (Å²) in [6.45, 7) is 4.12. The summed E-state index contributed by atoms with van der Waals surface area (Å²) in [6.07, 6.45) is 1.51. The van der Waals surface area contributed by atoms with Crippen LogP contribution in [0.5, 0.6) is 5.75 Å². The predicted molar refractivity (Wildman–Crippen MR) is 134 cm³/mol. The summed E-state index contributed by atoms with van der Waals surface area (Å²) in [6, 6.07) is 17.3. The third-order valence-electron chi connectivity index (χ3n) is 5.34. The van der Waals surface area contributed by atoms with Crippen molar-refractivity contribution < 1.29 is 28.6 Å². The number of furan rings is 1. The van der Waals surface area contributed by atoms with E-state index in [1.54, 1.807) is 60.9 Å². The quantitative estimate of drug-likeness (QED) is 0.319. The zero-order chi connectivity index (χ0) is 25.4. The third kappa shape index (κ3) is 6.57. The van der Waals surface area contributed by atoms with Gasteiger partial charge in [-0.25, -0.2) is 0 Å². The first kappa shape index (κ1) is 26.2. The van der Waals surface area contributed by atoms with Gasteiger partial charge in [0.25, 0.3) is 5.91 Å². The summed E-state index contributed by atoms with van der Waals surface area (Å²) in [7, 11) is 13.2. The van der Waals surface area contributed by atoms with Gasteiger partial charge in [-0.05, 0) is 49.5 Å². The SMILES string of the molecule is [B]C([B])(c1ccccc1OCCOCCC(=O)O)N(C(=O)c1ccc(-c2ccco2)cc1)C(C)C. The van der Waals surface area contributed by atoms with Crippen molar-refractivity contribution in [2.45, 2.75) is 31.6 Å². The predicted octanol–water partition coefficient (Wildman–Crippen LogP) is 3.81. The maximum absolute atomic E-state index is 13.5. The number of carbonyl (C=O) groups excluding carboxylic acids is 1. The molecule has 0 aliphatic heterocycles. The molecule has 1 amide bonds. The lowest BCUT2D eigenvalue weighted by Gasteiger charge is -2.44. The highest BCUT2D eigenvalue weighted by Gasteiger charge is 2.36. The van der Waals surface area contributed by atoms with Crippen molar-refractivity contribution in [3.05, 3.63) is 78.1 Å². The van der Waals surface area contributed by atoms with Gasteiger partial charge in [0.15, 0.2) is 0 Å². The number of rotatable bonds is 12. The van der Waals surface area contributed by atoms with Crippen LogP contribution in [0.2, 0.25) is 0 Å². The molecule has 7 nitrogen and oxygen atoms in total. The van der Waals surface area contributed by atoms with Gasteiger partial charge in [0.1, 0.15) is 18.1 Å². The summed E-state index contributed by atoms with van der Waals surface area (Å²) >= 11 is 0. The minimum Gasteiger partial charge on any atom is -0.491 e. The Kier molecular flexibility index (Phi) is 8.82. The molecule has 3 aromatic rings. The minimum atomic E-state index is -1.67. The highest BCUT2D eigenvalue weighted by Crippen LogP contribution is 2.33. The third-order valence-corrected chi connectivity index (χ3v) is 5.34. The van der Waals surface area contributed by atoms with Crippen molar-refractivity contribution >= 4 is 27.6 Å². The number of aliphatic carboxylic acids is 1. The largest absolute Gasteiger partial charge is 0.491 e. The van der Waals surface area contributed by atoms with Crippen molar-refractivity contribution in [1.29, 1.82) is 0 Å². The lowest BCUT2D eigenvalue weighted by atomic mass is 9.56. The normalized spacial score (nSPS) is 11.4. The van der Waals surface area contributed by atoms with E-state index >= 15 is 0 Å². The molecule has 0 atom stereocenters. The van der Waals surface area contributed by atoms with Crippen LogP contribution in [0, 0.1) is 0 Å². The number of benzene rings is 2. The van der Waals surface area contributed by atoms with Gasteiger partial charge in [-0.3, -0.25) is 9.59 Å². The lowest BCUT2D eigenvalue weighted by molar-refractivity contribution is -0.138. The van der Waals surface area contributed by atoms with E-state index in [1.165, 1.54) is 4.90 Å². The lowest BCUT2D eigenvalue weighted by Crippen LogP contribution is -2.54. The van der Waals surface area contributed by atoms with Crippen LogP contribution in [0.15, 0.2) is 71.3 Å². The first-order valence-electron chi connectivity index (χ1n) is 11.3. The summed E-state index contributed by atoms with van der Waals surface area (Å²) in [5, 5.41) is 7.00. The van der Waals surface area contributed by atoms with E-state index in [2.05, 4.69) is 0 Å². The number of amides is 1. The van der Waals surface area contributed by atoms with Crippen LogP contribution in [0.4, 0.5) is 0 Å². The van der Waals surface area contributed by atoms with E-state index < -0.39 is 11.3 Å².